The zero-order chi connectivity index (χ0) is 37.3. The highest BCUT2D eigenvalue weighted by Crippen LogP contribution is 2.61. The van der Waals surface area contributed by atoms with E-state index in [1.165, 1.54) is 43.9 Å². The quantitative estimate of drug-likeness (QED) is 0.0827. The van der Waals surface area contributed by atoms with Crippen LogP contribution in [0, 0.1) is 11.3 Å². The number of ether oxygens (including phenoxy) is 1. The summed E-state index contributed by atoms with van der Waals surface area (Å²) in [7, 11) is -11.5. The number of carbonyl (C=O) groups is 3. The maximum Gasteiger partial charge on any atom is 0.481 e. The fraction of sp³-hybridized carbons (Fsp3) is 0.654. The van der Waals surface area contributed by atoms with Gasteiger partial charge in [0.25, 0.3) is 0 Å². The molecule has 7 atom stereocenters. The van der Waals surface area contributed by atoms with Gasteiger partial charge in [-0.1, -0.05) is 39.5 Å². The lowest BCUT2D eigenvalue weighted by atomic mass is 9.80. The number of aliphatic hydroxyl groups excluding tert-OH is 1. The largest absolute Gasteiger partial charge is 0.481 e. The zero-order valence-corrected chi connectivity index (χ0v) is 31.1. The second kappa shape index (κ2) is 18.4. The molecule has 0 saturated carbocycles. The van der Waals surface area contributed by atoms with Crippen LogP contribution >= 0.6 is 36.1 Å². The topological polar surface area (TPSA) is 290 Å². The minimum absolute atomic E-state index is 0.00675. The molecule has 1 fully saturated rings. The SMILES string of the molecule is CCC(=O)SCCNC(=O)CCNC(=O)C(C)C(C)(C)COP(=O)(O)OP(=O)(O)OC[C@H]1OC(n2cnc3c(N)ccnc32)[C@H](O)C1OP=O. The van der Waals surface area contributed by atoms with Crippen molar-refractivity contribution in [1.29, 1.82) is 0 Å². The van der Waals surface area contributed by atoms with E-state index in [1.807, 2.05) is 0 Å². The number of hydrogen-bond donors (Lipinski definition) is 6. The van der Waals surface area contributed by atoms with Crippen molar-refractivity contribution >= 4 is 69.9 Å². The molecule has 3 heterocycles. The molecule has 2 aromatic rings. The minimum Gasteiger partial charge on any atom is -0.397 e. The highest BCUT2D eigenvalue weighted by molar-refractivity contribution is 8.13. The number of nitrogens with zero attached hydrogens (tertiary/aromatic N) is 3. The molecule has 5 unspecified atom stereocenters. The molecule has 50 heavy (non-hydrogen) atoms. The standard InChI is InChI=1S/C26H41N6O14P3S/c1-5-19(34)50-11-10-28-18(33)7-9-30-24(36)15(2)26(3,4)13-43-49(40,41)46-48(38,39)42-12-17-22(45-47-37)21(35)25(44-17)32-14-31-20-16(27)6-8-29-23(20)32/h6,8,14-15,17,21-22,25,35H,5,7,9-13H2,1-4H3,(H2,27,29)(H,28,33)(H,30,36)(H,38,39)(H,40,41)/t15?,17-,21-,22?,25?/m1/s1. The molecule has 0 bridgehead atoms. The normalized spacial score (nSPS) is 22.5. The fourth-order valence-corrected chi connectivity index (χ4v) is 7.72. The number of carbonyl (C=O) groups excluding carboxylic acids is 3. The van der Waals surface area contributed by atoms with Gasteiger partial charge < -0.3 is 36.0 Å². The fourth-order valence-electron chi connectivity index (χ4n) is 4.47. The summed E-state index contributed by atoms with van der Waals surface area (Å²) < 4.78 is 62.8. The van der Waals surface area contributed by atoms with Gasteiger partial charge in [-0.05, 0) is 6.07 Å². The highest BCUT2D eigenvalue weighted by Gasteiger charge is 2.48. The van der Waals surface area contributed by atoms with Gasteiger partial charge in [0, 0.05) is 49.2 Å². The van der Waals surface area contributed by atoms with Crippen LogP contribution in [0.1, 0.15) is 46.8 Å². The predicted molar refractivity (Wildman–Crippen MR) is 178 cm³/mol. The Hall–Kier alpha value is -2.38. The number of pyridine rings is 1. The van der Waals surface area contributed by atoms with Crippen LogP contribution in [0.5, 0.6) is 0 Å². The van der Waals surface area contributed by atoms with Crippen LogP contribution in [-0.4, -0.2) is 96.7 Å². The third kappa shape index (κ3) is 11.8. The Morgan fingerprint density at radius 3 is 2.56 bits per heavy atom. The number of anilines is 1. The molecule has 20 nitrogen and oxygen atoms in total. The number of phosphoric ester groups is 2. The Bertz CT molecular complexity index is 1620. The zero-order valence-electron chi connectivity index (χ0n) is 27.6. The molecule has 280 valence electrons. The van der Waals surface area contributed by atoms with Crippen molar-refractivity contribution < 1.29 is 65.6 Å². The van der Waals surface area contributed by atoms with E-state index in [0.717, 1.165) is 11.8 Å². The third-order valence-electron chi connectivity index (χ3n) is 7.64. The molecule has 7 N–H and O–H groups in total. The van der Waals surface area contributed by atoms with Crippen molar-refractivity contribution in [2.24, 2.45) is 11.3 Å². The molecule has 0 spiro atoms. The Kier molecular flexibility index (Phi) is 15.5. The van der Waals surface area contributed by atoms with Crippen LogP contribution in [0.4, 0.5) is 5.69 Å². The van der Waals surface area contributed by atoms with E-state index in [9.17, 15) is 43.0 Å². The summed E-state index contributed by atoms with van der Waals surface area (Å²) in [6, 6.07) is 1.51. The van der Waals surface area contributed by atoms with Crippen LogP contribution < -0.4 is 16.4 Å². The van der Waals surface area contributed by atoms with Crippen LogP contribution in [0.3, 0.4) is 0 Å². The van der Waals surface area contributed by atoms with Crippen molar-refractivity contribution in [2.75, 3.05) is 37.8 Å². The second-order valence-electron chi connectivity index (χ2n) is 11.7. The van der Waals surface area contributed by atoms with Crippen LogP contribution in [0.2, 0.25) is 0 Å². The van der Waals surface area contributed by atoms with Gasteiger partial charge >= 0.3 is 24.3 Å². The molecular formula is C26H41N6O14P3S. The molecule has 0 aromatic carbocycles. The summed E-state index contributed by atoms with van der Waals surface area (Å²) in [5, 5.41) is 16.1. The van der Waals surface area contributed by atoms with E-state index in [2.05, 4.69) is 24.9 Å². The number of hydrogen-bond acceptors (Lipinski definition) is 16. The van der Waals surface area contributed by atoms with Gasteiger partial charge in [-0.15, -0.1) is 0 Å². The monoisotopic (exact) mass is 786 g/mol. The highest BCUT2D eigenvalue weighted by atomic mass is 32.2. The first kappa shape index (κ1) is 42.0. The number of nitrogens with one attached hydrogen (secondary N) is 2. The number of imidazole rings is 1. The summed E-state index contributed by atoms with van der Waals surface area (Å²) in [4.78, 5) is 64.7. The molecule has 0 radical (unpaired) electrons. The van der Waals surface area contributed by atoms with E-state index < -0.39 is 79.3 Å². The molecule has 2 amide bonds. The van der Waals surface area contributed by atoms with Crippen molar-refractivity contribution in [1.82, 2.24) is 25.2 Å². The first-order chi connectivity index (χ1) is 23.4. The van der Waals surface area contributed by atoms with Crippen molar-refractivity contribution in [2.45, 2.75) is 65.1 Å². The number of aromatic nitrogens is 3. The lowest BCUT2D eigenvalue weighted by molar-refractivity contribution is -0.129. The van der Waals surface area contributed by atoms with Crippen LogP contribution in [0.25, 0.3) is 11.2 Å². The van der Waals surface area contributed by atoms with Crippen molar-refractivity contribution in [3.05, 3.63) is 18.6 Å². The maximum atomic E-state index is 12.7. The first-order valence-electron chi connectivity index (χ1n) is 15.2. The van der Waals surface area contributed by atoms with Gasteiger partial charge in [0.2, 0.25) is 11.8 Å². The molecule has 0 aliphatic carbocycles. The second-order valence-corrected chi connectivity index (χ2v) is 16.2. The smallest absolute Gasteiger partial charge is 0.397 e. The number of phosphoric acid groups is 2. The molecule has 3 rings (SSSR count). The van der Waals surface area contributed by atoms with Gasteiger partial charge in [0.1, 0.15) is 23.8 Å². The number of rotatable bonds is 20. The summed E-state index contributed by atoms with van der Waals surface area (Å²) in [5.74, 6) is -1.20. The Balaban J connectivity index is 1.49. The summed E-state index contributed by atoms with van der Waals surface area (Å²) >= 11 is 1.12. The average molecular weight is 787 g/mol. The van der Waals surface area contributed by atoms with Gasteiger partial charge in [-0.3, -0.25) is 32.5 Å². The molecule has 1 aliphatic rings. The van der Waals surface area contributed by atoms with E-state index >= 15 is 0 Å². The molecule has 1 aliphatic heterocycles. The predicted octanol–water partition coefficient (Wildman–Crippen LogP) is 2.07. The van der Waals surface area contributed by atoms with Gasteiger partial charge in [0.05, 0.1) is 25.2 Å². The van der Waals surface area contributed by atoms with E-state index in [-0.39, 0.29) is 29.6 Å². The Labute approximate surface area is 293 Å². The first-order valence-corrected chi connectivity index (χ1v) is 19.9. The number of amides is 2. The lowest BCUT2D eigenvalue weighted by Gasteiger charge is -2.31. The van der Waals surface area contributed by atoms with E-state index in [4.69, 9.17) is 24.0 Å². The molecule has 24 heteroatoms. The maximum absolute atomic E-state index is 12.7. The van der Waals surface area contributed by atoms with Gasteiger partial charge in [-0.25, -0.2) is 23.7 Å². The Morgan fingerprint density at radius 2 is 1.88 bits per heavy atom. The lowest BCUT2D eigenvalue weighted by Crippen LogP contribution is -2.41. The average Bonchev–Trinajstić information content (AvgIpc) is 3.61. The van der Waals surface area contributed by atoms with Crippen LogP contribution in [-0.2, 0) is 50.7 Å². The number of thioether (sulfide) groups is 1. The van der Waals surface area contributed by atoms with Crippen molar-refractivity contribution in [3.8, 4) is 0 Å². The van der Waals surface area contributed by atoms with Gasteiger partial charge in [-0.2, -0.15) is 4.31 Å². The van der Waals surface area contributed by atoms with Crippen LogP contribution in [0.15, 0.2) is 18.6 Å². The number of aliphatic hydroxyl groups is 1. The van der Waals surface area contributed by atoms with E-state index in [1.54, 1.807) is 6.92 Å². The summed E-state index contributed by atoms with van der Waals surface area (Å²) in [6.45, 7) is 5.21. The minimum atomic E-state index is -5.34. The number of nitrogens with two attached hydrogens (primary N) is 1. The van der Waals surface area contributed by atoms with Gasteiger partial charge in [0.15, 0.2) is 17.0 Å². The molecular weight excluding hydrogens is 745 g/mol. The molecule has 1 saturated heterocycles. The summed E-state index contributed by atoms with van der Waals surface area (Å²) in [6.07, 6.45) is -2.42. The van der Waals surface area contributed by atoms with Crippen molar-refractivity contribution in [3.63, 3.8) is 0 Å². The van der Waals surface area contributed by atoms with E-state index in [0.29, 0.717) is 29.9 Å². The third-order valence-corrected chi connectivity index (χ3v) is 11.6. The Morgan fingerprint density at radius 1 is 1.18 bits per heavy atom. The number of fused-ring (bicyclic) bond motifs is 1. The molecule has 2 aromatic heterocycles. The number of nitrogen functional groups attached to an aromatic ring is 1. The summed E-state index contributed by atoms with van der Waals surface area (Å²) in [5.41, 5.74) is 5.63.